The molecule has 0 bridgehead atoms. The minimum Gasteiger partial charge on any atom is -0.282 e. The molecule has 0 unspecified atom stereocenters. The lowest BCUT2D eigenvalue weighted by molar-refractivity contribution is -0.0888. The number of aromatic amines is 1. The molecule has 0 amide bonds. The Morgan fingerprint density at radius 2 is 2.18 bits per heavy atom. The summed E-state index contributed by atoms with van der Waals surface area (Å²) >= 11 is 0. The van der Waals surface area contributed by atoms with Crippen molar-refractivity contribution >= 4 is 5.78 Å². The molecular weight excluding hydrogens is 163 g/mol. The van der Waals surface area contributed by atoms with Crippen molar-refractivity contribution < 1.29 is 18.0 Å². The Balaban J connectivity index is 2.88. The van der Waals surface area contributed by atoms with Gasteiger partial charge in [0.15, 0.2) is 5.69 Å². The van der Waals surface area contributed by atoms with Crippen LogP contribution in [-0.4, -0.2) is 27.4 Å². The second-order valence-electron chi connectivity index (χ2n) is 1.68. The maximum atomic E-state index is 11.6. The van der Waals surface area contributed by atoms with E-state index in [2.05, 4.69) is 10.2 Å². The Hall–Kier alpha value is -1.40. The molecule has 0 aromatic carbocycles. The topological polar surface area (TPSA) is 58.6 Å². The van der Waals surface area contributed by atoms with E-state index in [9.17, 15) is 18.0 Å². The van der Waals surface area contributed by atoms with Gasteiger partial charge in [0, 0.05) is 0 Å². The first kappa shape index (κ1) is 7.70. The van der Waals surface area contributed by atoms with Gasteiger partial charge in [0.1, 0.15) is 0 Å². The van der Waals surface area contributed by atoms with Gasteiger partial charge in [-0.25, -0.2) is 0 Å². The number of hydrogen-bond donors (Lipinski definition) is 1. The molecule has 1 heterocycles. The zero-order valence-corrected chi connectivity index (χ0v) is 5.01. The highest BCUT2D eigenvalue weighted by Crippen LogP contribution is 2.19. The average molecular weight is 165 g/mol. The molecule has 0 aliphatic heterocycles. The lowest BCUT2D eigenvalue weighted by Gasteiger charge is -1.99. The largest absolute Gasteiger partial charge is 0.456 e. The summed E-state index contributed by atoms with van der Waals surface area (Å²) in [5, 5.41) is 7.94. The standard InChI is InChI=1S/C4H2F3N3O/c5-4(6,7)3(11)2-1-8-10-9-2/h1H,(H,8,9,10). The van der Waals surface area contributed by atoms with Crippen molar-refractivity contribution in [2.75, 3.05) is 0 Å². The number of rotatable bonds is 1. The van der Waals surface area contributed by atoms with Gasteiger partial charge in [-0.05, 0) is 0 Å². The van der Waals surface area contributed by atoms with Crippen LogP contribution in [-0.2, 0) is 0 Å². The first-order chi connectivity index (χ1) is 5.02. The van der Waals surface area contributed by atoms with Gasteiger partial charge in [0.25, 0.3) is 5.78 Å². The van der Waals surface area contributed by atoms with Crippen LogP contribution in [0.25, 0.3) is 0 Å². The zero-order valence-electron chi connectivity index (χ0n) is 5.01. The third-order valence-electron chi connectivity index (χ3n) is 0.905. The Bertz CT molecular complexity index is 252. The van der Waals surface area contributed by atoms with Gasteiger partial charge in [0.05, 0.1) is 6.20 Å². The summed E-state index contributed by atoms with van der Waals surface area (Å²) < 4.78 is 34.7. The lowest BCUT2D eigenvalue weighted by atomic mass is 10.3. The van der Waals surface area contributed by atoms with E-state index in [4.69, 9.17) is 0 Å². The van der Waals surface area contributed by atoms with E-state index in [0.717, 1.165) is 6.20 Å². The van der Waals surface area contributed by atoms with E-state index in [0.29, 0.717) is 0 Å². The van der Waals surface area contributed by atoms with Crippen molar-refractivity contribution in [1.29, 1.82) is 0 Å². The first-order valence-electron chi connectivity index (χ1n) is 2.49. The molecule has 1 aromatic heterocycles. The van der Waals surface area contributed by atoms with E-state index in [1.807, 2.05) is 5.21 Å². The molecule has 1 aromatic rings. The molecule has 60 valence electrons. The number of carbonyl (C=O) groups is 1. The van der Waals surface area contributed by atoms with Gasteiger partial charge in [-0.3, -0.25) is 4.79 Å². The van der Waals surface area contributed by atoms with Crippen molar-refractivity contribution in [3.63, 3.8) is 0 Å². The number of nitrogens with zero attached hydrogens (tertiary/aromatic N) is 2. The third-order valence-corrected chi connectivity index (χ3v) is 0.905. The molecule has 0 aliphatic rings. The van der Waals surface area contributed by atoms with Gasteiger partial charge >= 0.3 is 6.18 Å². The van der Waals surface area contributed by atoms with Crippen molar-refractivity contribution in [1.82, 2.24) is 15.4 Å². The van der Waals surface area contributed by atoms with E-state index < -0.39 is 17.7 Å². The number of H-pyrrole nitrogens is 1. The van der Waals surface area contributed by atoms with Gasteiger partial charge < -0.3 is 0 Å². The molecule has 1 rings (SSSR count). The fourth-order valence-corrected chi connectivity index (χ4v) is 0.456. The van der Waals surface area contributed by atoms with Crippen molar-refractivity contribution in [3.05, 3.63) is 11.9 Å². The van der Waals surface area contributed by atoms with Crippen LogP contribution < -0.4 is 0 Å². The first-order valence-corrected chi connectivity index (χ1v) is 2.49. The van der Waals surface area contributed by atoms with Crippen LogP contribution in [0.2, 0.25) is 0 Å². The Labute approximate surface area is 58.4 Å². The maximum Gasteiger partial charge on any atom is 0.456 e. The minimum atomic E-state index is -4.88. The van der Waals surface area contributed by atoms with Gasteiger partial charge in [0.2, 0.25) is 0 Å². The molecule has 4 nitrogen and oxygen atoms in total. The maximum absolute atomic E-state index is 11.6. The second kappa shape index (κ2) is 2.33. The molecule has 0 fully saturated rings. The highest BCUT2D eigenvalue weighted by atomic mass is 19.4. The van der Waals surface area contributed by atoms with Crippen LogP contribution in [0, 0.1) is 0 Å². The Morgan fingerprint density at radius 1 is 1.55 bits per heavy atom. The molecule has 1 N–H and O–H groups in total. The normalized spacial score (nSPS) is 11.5. The van der Waals surface area contributed by atoms with Crippen LogP contribution in [0.5, 0.6) is 0 Å². The monoisotopic (exact) mass is 165 g/mol. The van der Waals surface area contributed by atoms with E-state index >= 15 is 0 Å². The molecule has 0 saturated heterocycles. The van der Waals surface area contributed by atoms with Crippen LogP contribution in [0.4, 0.5) is 13.2 Å². The molecule has 0 atom stereocenters. The van der Waals surface area contributed by atoms with E-state index in [-0.39, 0.29) is 0 Å². The highest BCUT2D eigenvalue weighted by molar-refractivity contribution is 5.98. The quantitative estimate of drug-likeness (QED) is 0.618. The molecule has 0 radical (unpaired) electrons. The summed E-state index contributed by atoms with van der Waals surface area (Å²) in [6.07, 6.45) is -4.16. The highest BCUT2D eigenvalue weighted by Gasteiger charge is 2.40. The van der Waals surface area contributed by atoms with Crippen LogP contribution in [0.3, 0.4) is 0 Å². The van der Waals surface area contributed by atoms with Crippen LogP contribution in [0.15, 0.2) is 6.20 Å². The van der Waals surface area contributed by atoms with Crippen molar-refractivity contribution in [3.8, 4) is 0 Å². The molecular formula is C4H2F3N3O. The number of Topliss-reactive ketones (excluding diaryl/α,β-unsaturated/α-hetero) is 1. The number of nitrogens with one attached hydrogen (secondary N) is 1. The summed E-state index contributed by atoms with van der Waals surface area (Å²) in [7, 11) is 0. The number of hydrogen-bond acceptors (Lipinski definition) is 3. The molecule has 11 heavy (non-hydrogen) atoms. The van der Waals surface area contributed by atoms with Crippen LogP contribution in [0.1, 0.15) is 10.5 Å². The molecule has 0 spiro atoms. The van der Waals surface area contributed by atoms with Crippen molar-refractivity contribution in [2.24, 2.45) is 0 Å². The fraction of sp³-hybridized carbons (Fsp3) is 0.250. The number of halogens is 3. The Kier molecular flexibility index (Phi) is 1.63. The predicted octanol–water partition coefficient (Wildman–Crippen LogP) is 0.550. The van der Waals surface area contributed by atoms with E-state index in [1.165, 1.54) is 0 Å². The third kappa shape index (κ3) is 1.54. The summed E-state index contributed by atoms with van der Waals surface area (Å²) in [6.45, 7) is 0. The van der Waals surface area contributed by atoms with Gasteiger partial charge in [-0.1, -0.05) is 0 Å². The van der Waals surface area contributed by atoms with Gasteiger partial charge in [-0.15, -0.1) is 0 Å². The second-order valence-corrected chi connectivity index (χ2v) is 1.68. The minimum absolute atomic E-state index is 0.718. The summed E-state index contributed by atoms with van der Waals surface area (Å²) in [4.78, 5) is 10.3. The number of carbonyl (C=O) groups excluding carboxylic acids is 1. The molecule has 0 saturated carbocycles. The number of aromatic nitrogens is 3. The average Bonchev–Trinajstić information content (AvgIpc) is 2.34. The smallest absolute Gasteiger partial charge is 0.282 e. The van der Waals surface area contributed by atoms with Gasteiger partial charge in [-0.2, -0.15) is 28.6 Å². The molecule has 0 aliphatic carbocycles. The lowest BCUT2D eigenvalue weighted by Crippen LogP contribution is -2.22. The zero-order chi connectivity index (χ0) is 8.48. The predicted molar refractivity (Wildman–Crippen MR) is 26.8 cm³/mol. The summed E-state index contributed by atoms with van der Waals surface area (Å²) in [5.41, 5.74) is -0.725. The number of ketones is 1. The molecule has 7 heteroatoms. The van der Waals surface area contributed by atoms with Crippen LogP contribution >= 0.6 is 0 Å². The fourth-order valence-electron chi connectivity index (χ4n) is 0.456. The summed E-state index contributed by atoms with van der Waals surface area (Å²) in [5.74, 6) is -1.99. The van der Waals surface area contributed by atoms with E-state index in [1.54, 1.807) is 0 Å². The van der Waals surface area contributed by atoms with Crippen molar-refractivity contribution in [2.45, 2.75) is 6.18 Å². The Morgan fingerprint density at radius 3 is 2.55 bits per heavy atom. The SMILES string of the molecule is O=C(c1cn[nH]n1)C(F)(F)F. The number of alkyl halides is 3. The summed E-state index contributed by atoms with van der Waals surface area (Å²) in [6, 6.07) is 0.